The third-order valence-corrected chi connectivity index (χ3v) is 9.64. The van der Waals surface area contributed by atoms with Crippen LogP contribution < -0.4 is 0 Å². The highest BCUT2D eigenvalue weighted by Crippen LogP contribution is 2.66. The fourth-order valence-corrected chi connectivity index (χ4v) is 8.05. The predicted octanol–water partition coefficient (Wildman–Crippen LogP) is 4.45. The van der Waals surface area contributed by atoms with Crippen LogP contribution in [0.2, 0.25) is 0 Å². The topological polar surface area (TPSA) is 76.0 Å². The molecule has 1 saturated heterocycles. The normalized spacial score (nSPS) is 44.1. The molecule has 0 aromatic carbocycles. The number of rotatable bonds is 4. The van der Waals surface area contributed by atoms with Gasteiger partial charge in [-0.1, -0.05) is 25.2 Å². The summed E-state index contributed by atoms with van der Waals surface area (Å²) < 4.78 is 12.0. The molecular weight excluding hydrogens is 380 g/mol. The van der Waals surface area contributed by atoms with E-state index in [1.807, 2.05) is 0 Å². The molecule has 0 amide bonds. The van der Waals surface area contributed by atoms with Crippen LogP contribution in [0.25, 0.3) is 0 Å². The smallest absolute Gasteiger partial charge is 0.303 e. The van der Waals surface area contributed by atoms with Crippen LogP contribution in [0.4, 0.5) is 0 Å². The van der Waals surface area contributed by atoms with Crippen molar-refractivity contribution in [2.24, 2.45) is 29.1 Å². The van der Waals surface area contributed by atoms with Crippen molar-refractivity contribution in [3.05, 3.63) is 23.8 Å². The van der Waals surface area contributed by atoms with Crippen LogP contribution in [-0.2, 0) is 14.3 Å². The average molecular weight is 417 g/mol. The Balaban J connectivity index is 1.35. The second-order valence-electron chi connectivity index (χ2n) is 10.7. The Labute approximate surface area is 179 Å². The summed E-state index contributed by atoms with van der Waals surface area (Å²) >= 11 is 0. The minimum absolute atomic E-state index is 0.0496. The van der Waals surface area contributed by atoms with E-state index in [0.717, 1.165) is 70.2 Å². The van der Waals surface area contributed by atoms with Gasteiger partial charge in [-0.25, -0.2) is 0 Å². The van der Waals surface area contributed by atoms with Crippen molar-refractivity contribution in [1.82, 2.24) is 0 Å². The molecule has 5 heteroatoms. The summed E-state index contributed by atoms with van der Waals surface area (Å²) in [7, 11) is 0. The first-order chi connectivity index (χ1) is 14.3. The Bertz CT molecular complexity index is 766. The summed E-state index contributed by atoms with van der Waals surface area (Å²) in [6.07, 6.45) is 10.9. The van der Waals surface area contributed by atoms with Gasteiger partial charge in [-0.3, -0.25) is 4.79 Å². The minimum atomic E-state index is -0.926. The second kappa shape index (κ2) is 7.18. The Morgan fingerprint density at radius 2 is 1.90 bits per heavy atom. The van der Waals surface area contributed by atoms with Crippen molar-refractivity contribution in [3.8, 4) is 0 Å². The molecule has 1 heterocycles. The van der Waals surface area contributed by atoms with E-state index < -0.39 is 11.6 Å². The molecule has 5 rings (SSSR count). The van der Waals surface area contributed by atoms with Gasteiger partial charge in [0.25, 0.3) is 0 Å². The third-order valence-electron chi connectivity index (χ3n) is 9.64. The van der Waals surface area contributed by atoms with Gasteiger partial charge in [-0.15, -0.1) is 0 Å². The highest BCUT2D eigenvalue weighted by molar-refractivity contribution is 5.67. The second-order valence-corrected chi connectivity index (χ2v) is 10.7. The summed E-state index contributed by atoms with van der Waals surface area (Å²) in [6.45, 7) is 7.86. The molecule has 0 unspecified atom stereocenters. The number of carboxylic acid groups (broad SMARTS) is 1. The van der Waals surface area contributed by atoms with Gasteiger partial charge < -0.3 is 19.7 Å². The highest BCUT2D eigenvalue weighted by atomic mass is 16.7. The molecule has 166 valence electrons. The lowest BCUT2D eigenvalue weighted by atomic mass is 9.50. The first-order valence-electron chi connectivity index (χ1n) is 11.9. The van der Waals surface area contributed by atoms with E-state index in [9.17, 15) is 9.90 Å². The lowest BCUT2D eigenvalue weighted by Gasteiger charge is -2.56. The lowest BCUT2D eigenvalue weighted by molar-refractivity contribution is -0.177. The van der Waals surface area contributed by atoms with Crippen LogP contribution in [0.1, 0.15) is 71.1 Å². The molecule has 1 aliphatic heterocycles. The highest BCUT2D eigenvalue weighted by Gasteiger charge is 2.63. The molecular formula is C25H36O5. The number of carbonyl (C=O) groups is 1. The van der Waals surface area contributed by atoms with Gasteiger partial charge >= 0.3 is 5.97 Å². The van der Waals surface area contributed by atoms with E-state index in [0.29, 0.717) is 30.1 Å². The molecule has 0 aromatic rings. The first-order valence-corrected chi connectivity index (χ1v) is 11.9. The fraction of sp³-hybridized carbons (Fsp3) is 0.800. The maximum absolute atomic E-state index is 11.7. The maximum atomic E-state index is 11.7. The van der Waals surface area contributed by atoms with Gasteiger partial charge in [0, 0.05) is 24.7 Å². The molecule has 4 aliphatic carbocycles. The van der Waals surface area contributed by atoms with Crippen molar-refractivity contribution >= 4 is 5.97 Å². The van der Waals surface area contributed by atoms with Crippen LogP contribution >= 0.6 is 0 Å². The monoisotopic (exact) mass is 416 g/mol. The van der Waals surface area contributed by atoms with E-state index in [1.165, 1.54) is 0 Å². The molecule has 4 fully saturated rings. The molecule has 30 heavy (non-hydrogen) atoms. The molecule has 1 spiro atoms. The number of hydrogen-bond donors (Lipinski definition) is 2. The zero-order valence-corrected chi connectivity index (χ0v) is 18.2. The number of allylic oxidation sites excluding steroid dienone is 1. The quantitative estimate of drug-likeness (QED) is 0.662. The van der Waals surface area contributed by atoms with E-state index >= 15 is 0 Å². The summed E-state index contributed by atoms with van der Waals surface area (Å²) in [4.78, 5) is 11.1. The van der Waals surface area contributed by atoms with Crippen LogP contribution in [0.5, 0.6) is 0 Å². The number of aliphatic hydroxyl groups is 1. The van der Waals surface area contributed by atoms with Crippen molar-refractivity contribution < 1.29 is 24.5 Å². The van der Waals surface area contributed by atoms with Gasteiger partial charge in [0.2, 0.25) is 0 Å². The Kier molecular flexibility index (Phi) is 4.96. The number of hydrogen-bond acceptors (Lipinski definition) is 4. The third kappa shape index (κ3) is 2.96. The van der Waals surface area contributed by atoms with Crippen molar-refractivity contribution in [2.75, 3.05) is 13.2 Å². The van der Waals surface area contributed by atoms with Crippen molar-refractivity contribution in [1.29, 1.82) is 0 Å². The Morgan fingerprint density at radius 3 is 2.63 bits per heavy atom. The summed E-state index contributed by atoms with van der Waals surface area (Å²) in [5.41, 5.74) is 1.16. The Hall–Kier alpha value is -1.17. The fourth-order valence-electron chi connectivity index (χ4n) is 8.05. The van der Waals surface area contributed by atoms with Gasteiger partial charge in [0.15, 0.2) is 5.79 Å². The van der Waals surface area contributed by atoms with Crippen LogP contribution in [0, 0.1) is 29.1 Å². The van der Waals surface area contributed by atoms with Gasteiger partial charge in [-0.05, 0) is 74.2 Å². The standard InChI is InChI=1S/C25H36O5/c1-16(3-6-22(26)27)25(28)12-9-21-20-5-4-17-15-24(29-13-14-30-24)11-8-18(17)19(20)7-10-23(21,25)2/h4,18-21,28H,1,3,5-15H2,2H3,(H,26,27)/t18-,19+,20+,21-,23-,25-/m0/s1. The number of fused-ring (bicyclic) bond motifs is 5. The molecule has 5 nitrogen and oxygen atoms in total. The van der Waals surface area contributed by atoms with Crippen molar-refractivity contribution in [3.63, 3.8) is 0 Å². The lowest BCUT2D eigenvalue weighted by Crippen LogP contribution is -2.53. The summed E-state index contributed by atoms with van der Waals surface area (Å²) in [5.74, 6) is 1.24. The maximum Gasteiger partial charge on any atom is 0.303 e. The van der Waals surface area contributed by atoms with Gasteiger partial charge in [0.05, 0.1) is 18.8 Å². The first kappa shape index (κ1) is 20.7. The molecule has 5 aliphatic rings. The number of carboxylic acids is 1. The molecule has 0 radical (unpaired) electrons. The van der Waals surface area contributed by atoms with E-state index in [1.54, 1.807) is 5.57 Å². The predicted molar refractivity (Wildman–Crippen MR) is 113 cm³/mol. The van der Waals surface area contributed by atoms with Gasteiger partial charge in [0.1, 0.15) is 0 Å². The summed E-state index contributed by atoms with van der Waals surface area (Å²) in [5, 5.41) is 20.8. The van der Waals surface area contributed by atoms with E-state index in [-0.39, 0.29) is 17.6 Å². The number of aliphatic carboxylic acids is 1. The molecule has 0 aromatic heterocycles. The molecule has 0 bridgehead atoms. The van der Waals surface area contributed by atoms with Crippen molar-refractivity contribution in [2.45, 2.75) is 82.5 Å². The zero-order valence-electron chi connectivity index (χ0n) is 18.2. The Morgan fingerprint density at radius 1 is 1.13 bits per heavy atom. The van der Waals surface area contributed by atoms with E-state index in [4.69, 9.17) is 14.6 Å². The largest absolute Gasteiger partial charge is 0.481 e. The van der Waals surface area contributed by atoms with Crippen LogP contribution in [-0.4, -0.2) is 40.8 Å². The number of ether oxygens (including phenoxy) is 2. The molecule has 3 saturated carbocycles. The van der Waals surface area contributed by atoms with Crippen LogP contribution in [0.15, 0.2) is 23.8 Å². The van der Waals surface area contributed by atoms with E-state index in [2.05, 4.69) is 19.6 Å². The SMILES string of the molecule is C=C(CCC(=O)O)[C@@]1(O)CC[C@H]2[C@@H]3CC=C4CC5(CC[C@@H]4[C@H]3CC[C@@]21C)OCCO5. The zero-order chi connectivity index (χ0) is 21.1. The molecule has 2 N–H and O–H groups in total. The van der Waals surface area contributed by atoms with Crippen LogP contribution in [0.3, 0.4) is 0 Å². The summed E-state index contributed by atoms with van der Waals surface area (Å²) in [6, 6.07) is 0. The van der Waals surface area contributed by atoms with Gasteiger partial charge in [-0.2, -0.15) is 0 Å². The molecule has 6 atom stereocenters. The average Bonchev–Trinajstić information content (AvgIpc) is 3.28. The minimum Gasteiger partial charge on any atom is -0.481 e.